The molecule has 0 spiro atoms. The van der Waals surface area contributed by atoms with E-state index in [1.165, 1.54) is 19.5 Å². The van der Waals surface area contributed by atoms with Gasteiger partial charge in [0, 0.05) is 11.8 Å². The molecule has 0 aromatic rings. The van der Waals surface area contributed by atoms with Crippen LogP contribution in [0.2, 0.25) is 0 Å². The molecule has 0 aromatic heterocycles. The highest BCUT2D eigenvalue weighted by molar-refractivity contribution is 7.38. The zero-order chi connectivity index (χ0) is 10.1. The lowest BCUT2D eigenvalue weighted by molar-refractivity contribution is 0.224. The molecule has 1 heterocycles. The molecule has 1 aliphatic rings. The number of likely N-dealkylation sites (tertiary alicyclic amines) is 1. The number of hydrogen-bond donors (Lipinski definition) is 0. The van der Waals surface area contributed by atoms with E-state index in [1.54, 1.807) is 0 Å². The number of hydrogen-bond acceptors (Lipinski definition) is 1. The van der Waals surface area contributed by atoms with Crippen molar-refractivity contribution < 1.29 is 0 Å². The molecule has 0 amide bonds. The van der Waals surface area contributed by atoms with Gasteiger partial charge in [-0.3, -0.25) is 4.90 Å². The summed E-state index contributed by atoms with van der Waals surface area (Å²) in [5.41, 5.74) is 0. The SMILES string of the molecule is CPC(C)(C)N1CCC(C(C)C)C1. The molecule has 2 unspecified atom stereocenters. The van der Waals surface area contributed by atoms with E-state index in [9.17, 15) is 0 Å². The first kappa shape index (κ1) is 11.5. The minimum Gasteiger partial charge on any atom is -0.294 e. The standard InChI is InChI=1S/C11H24NP/c1-9(2)10-6-7-12(8-10)11(3,4)13-5/h9-10,13H,6-8H2,1-5H3. The Balaban J connectivity index is 2.49. The van der Waals surface area contributed by atoms with Crippen LogP contribution in [-0.2, 0) is 0 Å². The second-order valence-corrected chi connectivity index (χ2v) is 6.77. The van der Waals surface area contributed by atoms with Gasteiger partial charge in [-0.15, -0.1) is 8.58 Å². The van der Waals surface area contributed by atoms with Crippen molar-refractivity contribution >= 4 is 8.58 Å². The first-order chi connectivity index (χ1) is 5.97. The maximum atomic E-state index is 2.68. The molecule has 0 bridgehead atoms. The van der Waals surface area contributed by atoms with Crippen LogP contribution in [0.3, 0.4) is 0 Å². The van der Waals surface area contributed by atoms with E-state index in [-0.39, 0.29) is 0 Å². The monoisotopic (exact) mass is 201 g/mol. The Morgan fingerprint density at radius 2 is 2.00 bits per heavy atom. The fourth-order valence-electron chi connectivity index (χ4n) is 2.00. The Hall–Kier alpha value is 0.390. The Kier molecular flexibility index (Phi) is 3.77. The lowest BCUT2D eigenvalue weighted by Gasteiger charge is -2.35. The van der Waals surface area contributed by atoms with Crippen LogP contribution in [0, 0.1) is 11.8 Å². The molecule has 0 aliphatic carbocycles. The maximum absolute atomic E-state index is 2.68. The summed E-state index contributed by atoms with van der Waals surface area (Å²) in [6.45, 7) is 14.4. The van der Waals surface area contributed by atoms with Gasteiger partial charge in [-0.1, -0.05) is 13.8 Å². The van der Waals surface area contributed by atoms with Crippen molar-refractivity contribution in [1.82, 2.24) is 4.90 Å². The Morgan fingerprint density at radius 1 is 1.38 bits per heavy atom. The van der Waals surface area contributed by atoms with Gasteiger partial charge >= 0.3 is 0 Å². The molecule has 78 valence electrons. The van der Waals surface area contributed by atoms with Gasteiger partial charge in [0.05, 0.1) is 0 Å². The van der Waals surface area contributed by atoms with Crippen molar-refractivity contribution in [2.75, 3.05) is 19.8 Å². The summed E-state index contributed by atoms with van der Waals surface area (Å²) in [6.07, 6.45) is 1.41. The smallest absolute Gasteiger partial charge is 0.0320 e. The minimum atomic E-state index is 0.448. The Bertz CT molecular complexity index is 165. The van der Waals surface area contributed by atoms with E-state index in [0.717, 1.165) is 20.4 Å². The largest absolute Gasteiger partial charge is 0.294 e. The van der Waals surface area contributed by atoms with E-state index >= 15 is 0 Å². The van der Waals surface area contributed by atoms with E-state index in [0.29, 0.717) is 5.28 Å². The molecule has 1 rings (SSSR count). The van der Waals surface area contributed by atoms with E-state index in [4.69, 9.17) is 0 Å². The average molecular weight is 201 g/mol. The fourth-order valence-corrected chi connectivity index (χ4v) is 2.52. The molecule has 0 aromatic carbocycles. The van der Waals surface area contributed by atoms with Crippen molar-refractivity contribution in [3.8, 4) is 0 Å². The van der Waals surface area contributed by atoms with E-state index in [2.05, 4.69) is 39.3 Å². The zero-order valence-electron chi connectivity index (χ0n) is 9.72. The van der Waals surface area contributed by atoms with Crippen LogP contribution in [0.15, 0.2) is 0 Å². The summed E-state index contributed by atoms with van der Waals surface area (Å²) in [4.78, 5) is 2.68. The van der Waals surface area contributed by atoms with Crippen LogP contribution in [0.1, 0.15) is 34.1 Å². The quantitative estimate of drug-likeness (QED) is 0.634. The highest BCUT2D eigenvalue weighted by Crippen LogP contribution is 2.37. The average Bonchev–Trinajstić information content (AvgIpc) is 2.52. The summed E-state index contributed by atoms with van der Waals surface area (Å²) in [5.74, 6) is 1.80. The summed E-state index contributed by atoms with van der Waals surface area (Å²) >= 11 is 0. The molecule has 2 atom stereocenters. The molecule has 13 heavy (non-hydrogen) atoms. The van der Waals surface area contributed by atoms with Crippen molar-refractivity contribution in [3.63, 3.8) is 0 Å². The highest BCUT2D eigenvalue weighted by atomic mass is 31.1. The molecular formula is C11H24NP. The van der Waals surface area contributed by atoms with Gasteiger partial charge in [-0.25, -0.2) is 0 Å². The molecule has 2 heteroatoms. The van der Waals surface area contributed by atoms with Crippen LogP contribution in [0.5, 0.6) is 0 Å². The molecule has 0 radical (unpaired) electrons. The van der Waals surface area contributed by atoms with Crippen molar-refractivity contribution in [2.45, 2.75) is 39.4 Å². The van der Waals surface area contributed by atoms with Crippen molar-refractivity contribution in [2.24, 2.45) is 11.8 Å². The minimum absolute atomic E-state index is 0.448. The van der Waals surface area contributed by atoms with Crippen LogP contribution in [0.25, 0.3) is 0 Å². The molecular weight excluding hydrogens is 177 g/mol. The third-order valence-electron chi connectivity index (χ3n) is 3.57. The second-order valence-electron chi connectivity index (χ2n) is 5.05. The van der Waals surface area contributed by atoms with Gasteiger partial charge < -0.3 is 0 Å². The predicted octanol–water partition coefficient (Wildman–Crippen LogP) is 3.01. The highest BCUT2D eigenvalue weighted by Gasteiger charge is 2.33. The molecule has 1 fully saturated rings. The van der Waals surface area contributed by atoms with E-state index < -0.39 is 0 Å². The molecule has 1 aliphatic heterocycles. The summed E-state index contributed by atoms with van der Waals surface area (Å²) < 4.78 is 0. The lowest BCUT2D eigenvalue weighted by Crippen LogP contribution is -2.38. The number of nitrogens with zero attached hydrogens (tertiary/aromatic N) is 1. The first-order valence-corrected chi connectivity index (χ1v) is 6.91. The first-order valence-electron chi connectivity index (χ1n) is 5.41. The van der Waals surface area contributed by atoms with Gasteiger partial charge in [0.15, 0.2) is 0 Å². The van der Waals surface area contributed by atoms with Crippen molar-refractivity contribution in [3.05, 3.63) is 0 Å². The van der Waals surface area contributed by atoms with Gasteiger partial charge in [0.1, 0.15) is 0 Å². The van der Waals surface area contributed by atoms with Gasteiger partial charge in [-0.05, 0) is 45.3 Å². The predicted molar refractivity (Wildman–Crippen MR) is 62.8 cm³/mol. The van der Waals surface area contributed by atoms with Crippen LogP contribution >= 0.6 is 8.58 Å². The van der Waals surface area contributed by atoms with Gasteiger partial charge in [0.25, 0.3) is 0 Å². The molecule has 1 saturated heterocycles. The summed E-state index contributed by atoms with van der Waals surface area (Å²) in [7, 11) is 1.03. The number of rotatable bonds is 3. The van der Waals surface area contributed by atoms with Crippen molar-refractivity contribution in [1.29, 1.82) is 0 Å². The lowest BCUT2D eigenvalue weighted by atomic mass is 9.95. The Morgan fingerprint density at radius 3 is 2.38 bits per heavy atom. The molecule has 1 nitrogen and oxygen atoms in total. The Labute approximate surface area is 85.1 Å². The fraction of sp³-hybridized carbons (Fsp3) is 1.00. The second kappa shape index (κ2) is 4.28. The van der Waals surface area contributed by atoms with Gasteiger partial charge in [0.2, 0.25) is 0 Å². The molecule has 0 saturated carbocycles. The van der Waals surface area contributed by atoms with Gasteiger partial charge in [-0.2, -0.15) is 0 Å². The summed E-state index contributed by atoms with van der Waals surface area (Å²) in [6, 6.07) is 0. The van der Waals surface area contributed by atoms with Crippen LogP contribution in [0.4, 0.5) is 0 Å². The third kappa shape index (κ3) is 2.67. The normalized spacial score (nSPS) is 26.8. The summed E-state index contributed by atoms with van der Waals surface area (Å²) in [5, 5.41) is 0.448. The molecule has 0 N–H and O–H groups in total. The topological polar surface area (TPSA) is 3.24 Å². The van der Waals surface area contributed by atoms with E-state index in [1.807, 2.05) is 0 Å². The third-order valence-corrected chi connectivity index (χ3v) is 5.11. The van der Waals surface area contributed by atoms with Crippen LogP contribution in [-0.4, -0.2) is 29.9 Å². The zero-order valence-corrected chi connectivity index (χ0v) is 10.7. The maximum Gasteiger partial charge on any atom is 0.0320 e. The van der Waals surface area contributed by atoms with Crippen LogP contribution < -0.4 is 0 Å².